The van der Waals surface area contributed by atoms with Gasteiger partial charge in [0.05, 0.1) is 34.0 Å². The number of hydrogen-bond acceptors (Lipinski definition) is 5. The van der Waals surface area contributed by atoms with Crippen LogP contribution in [0, 0.1) is 0 Å². The van der Waals surface area contributed by atoms with Gasteiger partial charge in [0, 0.05) is 10.9 Å². The van der Waals surface area contributed by atoms with Gasteiger partial charge in [-0.15, -0.1) is 0 Å². The molecule has 23 heavy (non-hydrogen) atoms. The second-order valence-corrected chi connectivity index (χ2v) is 5.45. The molecular weight excluding hydrogens is 296 g/mol. The Labute approximate surface area is 136 Å². The van der Waals surface area contributed by atoms with Crippen LogP contribution in [0.5, 0.6) is 17.2 Å². The summed E-state index contributed by atoms with van der Waals surface area (Å²) in [6, 6.07) is 5.34. The summed E-state index contributed by atoms with van der Waals surface area (Å²) >= 11 is 0. The minimum absolute atomic E-state index is 0.167. The monoisotopic (exact) mass is 318 g/mol. The van der Waals surface area contributed by atoms with Gasteiger partial charge in [-0.1, -0.05) is 13.8 Å². The van der Waals surface area contributed by atoms with E-state index in [1.54, 1.807) is 33.5 Å². The molecule has 2 rings (SSSR count). The van der Waals surface area contributed by atoms with E-state index in [0.29, 0.717) is 22.8 Å². The SMILES string of the molecule is COC(=O)c1cc(OC)c2cc(OC)c(OC)c(C(C)C)c2c1. The quantitative estimate of drug-likeness (QED) is 0.785. The standard InChI is InChI=1S/C18H22O5/c1-10(2)16-13-7-11(18(19)23-6)8-14(20-3)12(13)9-15(21-4)17(16)22-5/h7-10H,1-6H3. The zero-order valence-corrected chi connectivity index (χ0v) is 14.4. The van der Waals surface area contributed by atoms with Crippen molar-refractivity contribution in [1.29, 1.82) is 0 Å². The molecule has 2 aromatic rings. The molecule has 0 spiro atoms. The molecule has 0 aromatic heterocycles. The number of carbonyl (C=O) groups is 1. The second kappa shape index (κ2) is 6.77. The molecule has 0 saturated heterocycles. The van der Waals surface area contributed by atoms with Crippen LogP contribution in [0.3, 0.4) is 0 Å². The maximum Gasteiger partial charge on any atom is 0.338 e. The average Bonchev–Trinajstić information content (AvgIpc) is 2.57. The van der Waals surface area contributed by atoms with E-state index in [2.05, 4.69) is 13.8 Å². The lowest BCUT2D eigenvalue weighted by Gasteiger charge is -2.20. The Morgan fingerprint density at radius 3 is 2.00 bits per heavy atom. The summed E-state index contributed by atoms with van der Waals surface area (Å²) in [6.45, 7) is 4.13. The van der Waals surface area contributed by atoms with Gasteiger partial charge in [-0.05, 0) is 29.5 Å². The lowest BCUT2D eigenvalue weighted by atomic mass is 9.92. The maximum absolute atomic E-state index is 12.0. The molecule has 0 amide bonds. The highest BCUT2D eigenvalue weighted by Gasteiger charge is 2.21. The van der Waals surface area contributed by atoms with Crippen LogP contribution >= 0.6 is 0 Å². The van der Waals surface area contributed by atoms with Crippen LogP contribution in [-0.4, -0.2) is 34.4 Å². The molecule has 5 heteroatoms. The lowest BCUT2D eigenvalue weighted by molar-refractivity contribution is 0.0600. The number of ether oxygens (including phenoxy) is 4. The minimum atomic E-state index is -0.408. The number of fused-ring (bicyclic) bond motifs is 1. The van der Waals surface area contributed by atoms with Crippen molar-refractivity contribution in [1.82, 2.24) is 0 Å². The molecule has 0 saturated carbocycles. The van der Waals surface area contributed by atoms with E-state index in [1.165, 1.54) is 7.11 Å². The fraction of sp³-hybridized carbons (Fsp3) is 0.389. The first-order chi connectivity index (χ1) is 11.0. The van der Waals surface area contributed by atoms with Gasteiger partial charge in [0.1, 0.15) is 5.75 Å². The van der Waals surface area contributed by atoms with E-state index >= 15 is 0 Å². The molecule has 0 aliphatic rings. The fourth-order valence-electron chi connectivity index (χ4n) is 2.79. The van der Waals surface area contributed by atoms with Crippen molar-refractivity contribution in [2.24, 2.45) is 0 Å². The molecule has 124 valence electrons. The van der Waals surface area contributed by atoms with Crippen molar-refractivity contribution in [3.05, 3.63) is 29.3 Å². The van der Waals surface area contributed by atoms with Gasteiger partial charge in [0.2, 0.25) is 0 Å². The Kier molecular flexibility index (Phi) is 4.98. The average molecular weight is 318 g/mol. The van der Waals surface area contributed by atoms with Gasteiger partial charge in [0.25, 0.3) is 0 Å². The van der Waals surface area contributed by atoms with Crippen LogP contribution in [0.25, 0.3) is 10.8 Å². The first-order valence-corrected chi connectivity index (χ1v) is 7.33. The Balaban J connectivity index is 2.95. The fourth-order valence-corrected chi connectivity index (χ4v) is 2.79. The van der Waals surface area contributed by atoms with Crippen molar-refractivity contribution < 1.29 is 23.7 Å². The normalized spacial score (nSPS) is 10.7. The summed E-state index contributed by atoms with van der Waals surface area (Å²) in [4.78, 5) is 12.0. The number of carbonyl (C=O) groups excluding carboxylic acids is 1. The molecule has 0 heterocycles. The third-order valence-corrected chi connectivity index (χ3v) is 3.82. The van der Waals surface area contributed by atoms with Gasteiger partial charge in [-0.2, -0.15) is 0 Å². The van der Waals surface area contributed by atoms with Gasteiger partial charge >= 0.3 is 5.97 Å². The van der Waals surface area contributed by atoms with Crippen LogP contribution in [0.2, 0.25) is 0 Å². The smallest absolute Gasteiger partial charge is 0.338 e. The zero-order valence-electron chi connectivity index (χ0n) is 14.4. The summed E-state index contributed by atoms with van der Waals surface area (Å²) < 4.78 is 21.3. The molecule has 0 aliphatic carbocycles. The molecule has 0 bridgehead atoms. The van der Waals surface area contributed by atoms with Crippen molar-refractivity contribution in [3.8, 4) is 17.2 Å². The van der Waals surface area contributed by atoms with E-state index in [1.807, 2.05) is 6.07 Å². The third kappa shape index (κ3) is 2.91. The number of rotatable bonds is 5. The minimum Gasteiger partial charge on any atom is -0.496 e. The van der Waals surface area contributed by atoms with Crippen LogP contribution < -0.4 is 14.2 Å². The first-order valence-electron chi connectivity index (χ1n) is 7.33. The van der Waals surface area contributed by atoms with E-state index in [9.17, 15) is 4.79 Å². The predicted octanol–water partition coefficient (Wildman–Crippen LogP) is 3.78. The van der Waals surface area contributed by atoms with E-state index in [-0.39, 0.29) is 5.92 Å². The van der Waals surface area contributed by atoms with E-state index in [0.717, 1.165) is 16.3 Å². The third-order valence-electron chi connectivity index (χ3n) is 3.82. The topological polar surface area (TPSA) is 54.0 Å². The van der Waals surface area contributed by atoms with Crippen LogP contribution in [-0.2, 0) is 4.74 Å². The number of hydrogen-bond donors (Lipinski definition) is 0. The van der Waals surface area contributed by atoms with Crippen molar-refractivity contribution in [3.63, 3.8) is 0 Å². The Morgan fingerprint density at radius 2 is 1.52 bits per heavy atom. The summed E-state index contributed by atoms with van der Waals surface area (Å²) in [5, 5.41) is 1.75. The van der Waals surface area contributed by atoms with Gasteiger partial charge in [-0.25, -0.2) is 4.79 Å². The Bertz CT molecular complexity index is 734. The molecular formula is C18H22O5. The van der Waals surface area contributed by atoms with E-state index < -0.39 is 5.97 Å². The van der Waals surface area contributed by atoms with Crippen LogP contribution in [0.1, 0.15) is 35.7 Å². The molecule has 0 radical (unpaired) electrons. The van der Waals surface area contributed by atoms with E-state index in [4.69, 9.17) is 18.9 Å². The van der Waals surface area contributed by atoms with Gasteiger partial charge < -0.3 is 18.9 Å². The maximum atomic E-state index is 12.0. The molecule has 5 nitrogen and oxygen atoms in total. The van der Waals surface area contributed by atoms with Crippen molar-refractivity contribution in [2.45, 2.75) is 19.8 Å². The first kappa shape index (κ1) is 16.9. The lowest BCUT2D eigenvalue weighted by Crippen LogP contribution is -2.04. The largest absolute Gasteiger partial charge is 0.496 e. The molecule has 0 fully saturated rings. The number of benzene rings is 2. The molecule has 0 unspecified atom stereocenters. The number of methoxy groups -OCH3 is 4. The number of esters is 1. The highest BCUT2D eigenvalue weighted by Crippen LogP contribution is 2.44. The molecule has 0 aliphatic heterocycles. The highest BCUT2D eigenvalue weighted by atomic mass is 16.5. The molecule has 0 atom stereocenters. The van der Waals surface area contributed by atoms with Crippen LogP contribution in [0.15, 0.2) is 18.2 Å². The van der Waals surface area contributed by atoms with Crippen molar-refractivity contribution in [2.75, 3.05) is 28.4 Å². The Morgan fingerprint density at radius 1 is 0.870 bits per heavy atom. The molecule has 2 aromatic carbocycles. The Hall–Kier alpha value is -2.43. The molecule has 0 N–H and O–H groups in total. The summed E-state index contributed by atoms with van der Waals surface area (Å²) in [5.41, 5.74) is 1.40. The zero-order chi connectivity index (χ0) is 17.1. The second-order valence-electron chi connectivity index (χ2n) is 5.45. The van der Waals surface area contributed by atoms with Gasteiger partial charge in [0.15, 0.2) is 11.5 Å². The summed E-state index contributed by atoms with van der Waals surface area (Å²) in [5.74, 6) is 1.65. The van der Waals surface area contributed by atoms with Crippen LogP contribution in [0.4, 0.5) is 0 Å². The van der Waals surface area contributed by atoms with Gasteiger partial charge in [-0.3, -0.25) is 0 Å². The van der Waals surface area contributed by atoms with Crippen molar-refractivity contribution >= 4 is 16.7 Å². The predicted molar refractivity (Wildman–Crippen MR) is 89.0 cm³/mol. The summed E-state index contributed by atoms with van der Waals surface area (Å²) in [7, 11) is 6.14. The summed E-state index contributed by atoms with van der Waals surface area (Å²) in [6.07, 6.45) is 0. The highest BCUT2D eigenvalue weighted by molar-refractivity contribution is 6.01.